The van der Waals surface area contributed by atoms with Crippen LogP contribution in [0.25, 0.3) is 5.65 Å². The lowest BCUT2D eigenvalue weighted by molar-refractivity contribution is 0.392. The minimum atomic E-state index is 0.00338. The Morgan fingerprint density at radius 3 is 3.24 bits per heavy atom. The summed E-state index contributed by atoms with van der Waals surface area (Å²) in [6, 6.07) is 3.10. The van der Waals surface area contributed by atoms with Gasteiger partial charge < -0.3 is 4.90 Å². The van der Waals surface area contributed by atoms with Gasteiger partial charge in [0.05, 0.1) is 0 Å². The van der Waals surface area contributed by atoms with Crippen molar-refractivity contribution in [2.45, 2.75) is 12.8 Å². The van der Waals surface area contributed by atoms with Crippen LogP contribution >= 0.6 is 0 Å². The zero-order valence-electron chi connectivity index (χ0n) is 9.89. The van der Waals surface area contributed by atoms with Gasteiger partial charge in [-0.05, 0) is 25.9 Å². The van der Waals surface area contributed by atoms with E-state index in [9.17, 15) is 4.79 Å². The highest BCUT2D eigenvalue weighted by atomic mass is 16.1. The Kier molecular flexibility index (Phi) is 2.48. The fraction of sp³-hybridized carbons (Fsp3) is 0.500. The Morgan fingerprint density at radius 1 is 1.59 bits per heavy atom. The third-order valence-electron chi connectivity index (χ3n) is 3.38. The van der Waals surface area contributed by atoms with Crippen molar-refractivity contribution >= 4 is 5.65 Å². The number of nitrogens with one attached hydrogen (secondary N) is 1. The number of H-pyrrole nitrogens is 1. The smallest absolute Gasteiger partial charge is 0.183 e. The summed E-state index contributed by atoms with van der Waals surface area (Å²) in [4.78, 5) is 18.0. The van der Waals surface area contributed by atoms with E-state index in [-0.39, 0.29) is 5.43 Å². The third-order valence-corrected chi connectivity index (χ3v) is 3.38. The van der Waals surface area contributed by atoms with E-state index in [1.54, 1.807) is 16.8 Å². The molecule has 0 spiro atoms. The van der Waals surface area contributed by atoms with Gasteiger partial charge in [-0.1, -0.05) is 0 Å². The van der Waals surface area contributed by atoms with Gasteiger partial charge in [-0.3, -0.25) is 9.89 Å². The van der Waals surface area contributed by atoms with Crippen LogP contribution in [0, 0.1) is 5.92 Å². The van der Waals surface area contributed by atoms with E-state index in [1.807, 2.05) is 0 Å². The second-order valence-electron chi connectivity index (χ2n) is 4.88. The summed E-state index contributed by atoms with van der Waals surface area (Å²) >= 11 is 0. The average Bonchev–Trinajstić information content (AvgIpc) is 2.84. The third kappa shape index (κ3) is 2.10. The molecule has 1 N–H and O–H groups in total. The Morgan fingerprint density at radius 2 is 2.47 bits per heavy atom. The minimum Gasteiger partial charge on any atom is -0.306 e. The molecule has 2 aromatic heterocycles. The van der Waals surface area contributed by atoms with Crippen molar-refractivity contribution in [3.8, 4) is 0 Å². The van der Waals surface area contributed by atoms with Crippen LogP contribution in [0.4, 0.5) is 0 Å². The summed E-state index contributed by atoms with van der Waals surface area (Å²) in [7, 11) is 2.15. The minimum absolute atomic E-state index is 0.00338. The largest absolute Gasteiger partial charge is 0.306 e. The number of aromatic nitrogens is 3. The van der Waals surface area contributed by atoms with E-state index in [0.29, 0.717) is 11.6 Å². The number of hydrogen-bond acceptors (Lipinski definition) is 3. The number of pyridine rings is 1. The summed E-state index contributed by atoms with van der Waals surface area (Å²) in [5.74, 6) is 1.64. The van der Waals surface area contributed by atoms with Crippen molar-refractivity contribution < 1.29 is 0 Å². The quantitative estimate of drug-likeness (QED) is 0.821. The molecule has 3 rings (SSSR count). The average molecular weight is 232 g/mol. The van der Waals surface area contributed by atoms with Crippen LogP contribution in [0.15, 0.2) is 23.1 Å². The van der Waals surface area contributed by atoms with Gasteiger partial charge >= 0.3 is 0 Å². The number of likely N-dealkylation sites (tertiary alicyclic amines) is 1. The number of rotatable bonds is 2. The second kappa shape index (κ2) is 4.00. The fourth-order valence-electron chi connectivity index (χ4n) is 2.51. The summed E-state index contributed by atoms with van der Waals surface area (Å²) in [5.41, 5.74) is 0.711. The molecule has 5 nitrogen and oxygen atoms in total. The Hall–Kier alpha value is -1.62. The van der Waals surface area contributed by atoms with Gasteiger partial charge in [0.15, 0.2) is 11.1 Å². The molecule has 1 saturated heterocycles. The normalized spacial score (nSPS) is 21.4. The van der Waals surface area contributed by atoms with E-state index in [1.165, 1.54) is 19.0 Å². The molecule has 2 aromatic rings. The van der Waals surface area contributed by atoms with Crippen LogP contribution in [-0.4, -0.2) is 39.6 Å². The zero-order chi connectivity index (χ0) is 11.8. The van der Waals surface area contributed by atoms with Crippen molar-refractivity contribution in [2.24, 2.45) is 5.92 Å². The van der Waals surface area contributed by atoms with Crippen LogP contribution in [-0.2, 0) is 6.42 Å². The number of nitrogens with zero attached hydrogens (tertiary/aromatic N) is 3. The first-order valence-electron chi connectivity index (χ1n) is 5.96. The van der Waals surface area contributed by atoms with E-state index in [2.05, 4.69) is 22.0 Å². The molecule has 1 fully saturated rings. The monoisotopic (exact) mass is 232 g/mol. The van der Waals surface area contributed by atoms with Gasteiger partial charge in [0.25, 0.3) is 0 Å². The van der Waals surface area contributed by atoms with Gasteiger partial charge in [0.2, 0.25) is 0 Å². The van der Waals surface area contributed by atoms with Crippen LogP contribution in [0.1, 0.15) is 12.2 Å². The van der Waals surface area contributed by atoms with E-state index in [4.69, 9.17) is 0 Å². The summed E-state index contributed by atoms with van der Waals surface area (Å²) in [6.07, 6.45) is 3.92. The maximum absolute atomic E-state index is 11.2. The lowest BCUT2D eigenvalue weighted by Crippen LogP contribution is -2.15. The van der Waals surface area contributed by atoms with E-state index >= 15 is 0 Å². The molecule has 1 aliphatic heterocycles. The number of fused-ring (bicyclic) bond motifs is 1. The van der Waals surface area contributed by atoms with Gasteiger partial charge in [-0.15, -0.1) is 0 Å². The molecule has 0 aliphatic carbocycles. The molecule has 0 radical (unpaired) electrons. The van der Waals surface area contributed by atoms with Gasteiger partial charge in [0, 0.05) is 31.3 Å². The molecule has 0 aromatic carbocycles. The van der Waals surface area contributed by atoms with Crippen molar-refractivity contribution in [3.05, 3.63) is 34.4 Å². The standard InChI is InChI=1S/C12H16N4O/c1-15-4-2-9(8-15)6-11-13-12-7-10(17)3-5-16(12)14-11/h3,5,7,9H,2,4,6,8H2,1H3,(H,13,14). The van der Waals surface area contributed by atoms with Crippen LogP contribution in [0.3, 0.4) is 0 Å². The lowest BCUT2D eigenvalue weighted by atomic mass is 10.1. The summed E-state index contributed by atoms with van der Waals surface area (Å²) < 4.78 is 1.80. The lowest BCUT2D eigenvalue weighted by Gasteiger charge is -2.07. The molecule has 3 heterocycles. The van der Waals surface area contributed by atoms with E-state index in [0.717, 1.165) is 18.8 Å². The Labute approximate surface area is 99.1 Å². The highest BCUT2D eigenvalue weighted by Gasteiger charge is 2.20. The highest BCUT2D eigenvalue weighted by Crippen LogP contribution is 2.18. The molecule has 90 valence electrons. The highest BCUT2D eigenvalue weighted by molar-refractivity contribution is 5.36. The molecule has 1 aliphatic rings. The second-order valence-corrected chi connectivity index (χ2v) is 4.88. The van der Waals surface area contributed by atoms with Crippen LogP contribution in [0.5, 0.6) is 0 Å². The molecule has 0 amide bonds. The van der Waals surface area contributed by atoms with Crippen molar-refractivity contribution in [3.63, 3.8) is 0 Å². The maximum atomic E-state index is 11.2. The molecule has 17 heavy (non-hydrogen) atoms. The maximum Gasteiger partial charge on any atom is 0.183 e. The summed E-state index contributed by atoms with van der Waals surface area (Å²) in [5, 5.41) is 3.21. The fourth-order valence-corrected chi connectivity index (χ4v) is 2.51. The van der Waals surface area contributed by atoms with Crippen molar-refractivity contribution in [1.29, 1.82) is 0 Å². The topological polar surface area (TPSA) is 53.4 Å². The Bertz CT molecular complexity index is 585. The Balaban J connectivity index is 1.83. The van der Waals surface area contributed by atoms with E-state index < -0.39 is 0 Å². The first-order chi connectivity index (χ1) is 8.20. The van der Waals surface area contributed by atoms with Gasteiger partial charge in [-0.25, -0.2) is 9.50 Å². The van der Waals surface area contributed by atoms with Gasteiger partial charge in [0.1, 0.15) is 5.82 Å². The molecule has 0 bridgehead atoms. The van der Waals surface area contributed by atoms with Crippen LogP contribution < -0.4 is 5.43 Å². The first kappa shape index (κ1) is 10.5. The predicted octanol–water partition coefficient (Wildman–Crippen LogP) is 0.517. The molecule has 5 heteroatoms. The molecule has 1 unspecified atom stereocenters. The SMILES string of the molecule is CN1CCC(Cc2nc3cc(=O)ccn3[nH]2)C1. The van der Waals surface area contributed by atoms with Gasteiger partial charge in [-0.2, -0.15) is 0 Å². The van der Waals surface area contributed by atoms with Crippen LogP contribution in [0.2, 0.25) is 0 Å². The summed E-state index contributed by atoms with van der Waals surface area (Å²) in [6.45, 7) is 2.30. The molecule has 0 saturated carbocycles. The molecular formula is C12H16N4O. The first-order valence-corrected chi connectivity index (χ1v) is 5.96. The molecular weight excluding hydrogens is 216 g/mol. The molecule has 1 atom stereocenters. The van der Waals surface area contributed by atoms with Crippen molar-refractivity contribution in [1.82, 2.24) is 19.5 Å². The number of aromatic amines is 1. The van der Waals surface area contributed by atoms with Crippen molar-refractivity contribution in [2.75, 3.05) is 20.1 Å². The predicted molar refractivity (Wildman–Crippen MR) is 65.1 cm³/mol. The zero-order valence-corrected chi connectivity index (χ0v) is 9.89. The number of hydrogen-bond donors (Lipinski definition) is 1.